The summed E-state index contributed by atoms with van der Waals surface area (Å²) in [5.74, 6) is -0.726. The van der Waals surface area contributed by atoms with Gasteiger partial charge in [-0.3, -0.25) is 0 Å². The van der Waals surface area contributed by atoms with E-state index in [0.29, 0.717) is 30.0 Å². The molecular weight excluding hydrogens is 304 g/mol. The Balaban J connectivity index is 3.05. The number of nitrogens with zero attached hydrogens (tertiary/aromatic N) is 2. The average molecular weight is 319 g/mol. The quantitative estimate of drug-likeness (QED) is 0.780. The lowest BCUT2D eigenvalue weighted by atomic mass is 10.2. The van der Waals surface area contributed by atoms with Crippen molar-refractivity contribution in [3.63, 3.8) is 0 Å². The van der Waals surface area contributed by atoms with Crippen molar-refractivity contribution in [2.24, 2.45) is 0 Å². The third kappa shape index (κ3) is 3.94. The second-order valence-corrected chi connectivity index (χ2v) is 4.45. The Kier molecular flexibility index (Phi) is 6.03. The van der Waals surface area contributed by atoms with E-state index in [4.69, 9.17) is 14.9 Å². The monoisotopic (exact) mass is 318 g/mol. The average Bonchev–Trinajstić information content (AvgIpc) is 2.34. The Morgan fingerprint density at radius 3 is 2.83 bits per heavy atom. The summed E-state index contributed by atoms with van der Waals surface area (Å²) < 4.78 is 5.55. The number of pyridine rings is 1. The topological polar surface area (TPSA) is 82.9 Å². The smallest absolute Gasteiger partial charge is 0.339 e. The molecule has 0 fully saturated rings. The zero-order valence-electron chi connectivity index (χ0n) is 9.97. The number of carbonyl (C=O) groups is 1. The number of carboxylic acids is 1. The summed E-state index contributed by atoms with van der Waals surface area (Å²) in [6, 6.07) is 1.49. The molecule has 0 amide bonds. The molecule has 1 aromatic heterocycles. The molecule has 0 bridgehead atoms. The summed E-state index contributed by atoms with van der Waals surface area (Å²) in [4.78, 5) is 17.0. The van der Waals surface area contributed by atoms with E-state index in [0.717, 1.165) is 0 Å². The number of halogens is 1. The fourth-order valence-corrected chi connectivity index (χ4v) is 1.82. The van der Waals surface area contributed by atoms with Crippen LogP contribution in [-0.2, 0) is 4.74 Å². The molecule has 7 heteroatoms. The number of rotatable bonds is 7. The lowest BCUT2D eigenvalue weighted by molar-refractivity contribution is 0.0696. The van der Waals surface area contributed by atoms with Gasteiger partial charge < -0.3 is 19.8 Å². The summed E-state index contributed by atoms with van der Waals surface area (Å²) in [7, 11) is 1.56. The van der Waals surface area contributed by atoms with Crippen LogP contribution in [-0.4, -0.2) is 54.6 Å². The highest BCUT2D eigenvalue weighted by atomic mass is 79.9. The number of carboxylic acid groups (broad SMARTS) is 1. The first kappa shape index (κ1) is 14.9. The van der Waals surface area contributed by atoms with Crippen molar-refractivity contribution >= 4 is 27.7 Å². The highest BCUT2D eigenvalue weighted by Crippen LogP contribution is 2.21. The van der Waals surface area contributed by atoms with Crippen molar-refractivity contribution in [1.82, 2.24) is 4.98 Å². The number of hydrogen-bond donors (Lipinski definition) is 2. The van der Waals surface area contributed by atoms with Crippen molar-refractivity contribution in [2.45, 2.75) is 0 Å². The molecule has 0 radical (unpaired) electrons. The maximum Gasteiger partial charge on any atom is 0.339 e. The van der Waals surface area contributed by atoms with E-state index >= 15 is 0 Å². The third-order valence-corrected chi connectivity index (χ3v) is 2.73. The van der Waals surface area contributed by atoms with Crippen LogP contribution in [0, 0.1) is 0 Å². The van der Waals surface area contributed by atoms with Crippen LogP contribution in [0.1, 0.15) is 10.4 Å². The summed E-state index contributed by atoms with van der Waals surface area (Å²) in [5, 5.41) is 18.2. The number of aromatic carboxylic acids is 1. The van der Waals surface area contributed by atoms with E-state index in [-0.39, 0.29) is 12.2 Å². The molecule has 0 aliphatic heterocycles. The fraction of sp³-hybridized carbons (Fsp3) is 0.455. The maximum atomic E-state index is 11.2. The van der Waals surface area contributed by atoms with Gasteiger partial charge in [-0.15, -0.1) is 0 Å². The van der Waals surface area contributed by atoms with Gasteiger partial charge in [0, 0.05) is 30.9 Å². The summed E-state index contributed by atoms with van der Waals surface area (Å²) in [6.07, 6.45) is 1.53. The minimum Gasteiger partial charge on any atom is -0.478 e. The Morgan fingerprint density at radius 1 is 1.56 bits per heavy atom. The molecule has 1 aromatic rings. The van der Waals surface area contributed by atoms with Gasteiger partial charge in [0.25, 0.3) is 0 Å². The highest BCUT2D eigenvalue weighted by Gasteiger charge is 2.17. The van der Waals surface area contributed by atoms with Crippen LogP contribution in [0.3, 0.4) is 0 Å². The molecule has 1 rings (SSSR count). The number of aliphatic hydroxyl groups is 1. The van der Waals surface area contributed by atoms with Gasteiger partial charge in [-0.25, -0.2) is 9.78 Å². The van der Waals surface area contributed by atoms with Gasteiger partial charge in [0.2, 0.25) is 0 Å². The van der Waals surface area contributed by atoms with Gasteiger partial charge >= 0.3 is 5.97 Å². The van der Waals surface area contributed by atoms with Gasteiger partial charge in [0.15, 0.2) is 0 Å². The molecule has 0 unspecified atom stereocenters. The molecule has 0 aromatic carbocycles. The normalized spacial score (nSPS) is 10.4. The van der Waals surface area contributed by atoms with E-state index in [2.05, 4.69) is 20.9 Å². The molecule has 2 N–H and O–H groups in total. The van der Waals surface area contributed by atoms with E-state index in [1.165, 1.54) is 12.3 Å². The van der Waals surface area contributed by atoms with Gasteiger partial charge in [-0.1, -0.05) is 0 Å². The van der Waals surface area contributed by atoms with Crippen LogP contribution in [0.5, 0.6) is 0 Å². The summed E-state index contributed by atoms with van der Waals surface area (Å²) in [5.41, 5.74) is 0.0916. The van der Waals surface area contributed by atoms with Crippen molar-refractivity contribution in [3.05, 3.63) is 22.3 Å². The van der Waals surface area contributed by atoms with Crippen molar-refractivity contribution in [1.29, 1.82) is 0 Å². The van der Waals surface area contributed by atoms with Crippen molar-refractivity contribution < 1.29 is 19.7 Å². The lowest BCUT2D eigenvalue weighted by Crippen LogP contribution is -2.32. The minimum absolute atomic E-state index is 0.0828. The third-order valence-electron chi connectivity index (χ3n) is 2.30. The highest BCUT2D eigenvalue weighted by molar-refractivity contribution is 9.10. The van der Waals surface area contributed by atoms with E-state index < -0.39 is 5.97 Å². The predicted octanol–water partition coefficient (Wildman–Crippen LogP) is 0.987. The van der Waals surface area contributed by atoms with E-state index in [1.54, 1.807) is 12.0 Å². The summed E-state index contributed by atoms with van der Waals surface area (Å²) >= 11 is 3.19. The minimum atomic E-state index is -1.06. The number of hydrogen-bond acceptors (Lipinski definition) is 5. The maximum absolute atomic E-state index is 11.2. The van der Waals surface area contributed by atoms with Crippen LogP contribution in [0.2, 0.25) is 0 Å². The Morgan fingerprint density at radius 2 is 2.28 bits per heavy atom. The molecule has 18 heavy (non-hydrogen) atoms. The van der Waals surface area contributed by atoms with Gasteiger partial charge in [0.1, 0.15) is 11.4 Å². The molecule has 0 spiro atoms. The van der Waals surface area contributed by atoms with E-state index in [9.17, 15) is 4.79 Å². The number of ether oxygens (including phenoxy) is 1. The lowest BCUT2D eigenvalue weighted by Gasteiger charge is -2.23. The first-order valence-corrected chi connectivity index (χ1v) is 6.13. The number of methoxy groups -OCH3 is 1. The Bertz CT molecular complexity index is 414. The van der Waals surface area contributed by atoms with Gasteiger partial charge in [-0.2, -0.15) is 0 Å². The van der Waals surface area contributed by atoms with Crippen LogP contribution in [0.15, 0.2) is 16.7 Å². The Labute approximate surface area is 113 Å². The molecule has 1 heterocycles. The Hall–Kier alpha value is -1.18. The molecule has 0 aliphatic carbocycles. The molecule has 0 atom stereocenters. The van der Waals surface area contributed by atoms with Crippen LogP contribution in [0.25, 0.3) is 0 Å². The predicted molar refractivity (Wildman–Crippen MR) is 70.1 cm³/mol. The summed E-state index contributed by atoms with van der Waals surface area (Å²) in [6.45, 7) is 1.11. The largest absolute Gasteiger partial charge is 0.478 e. The van der Waals surface area contributed by atoms with Gasteiger partial charge in [0.05, 0.1) is 13.2 Å². The first-order valence-electron chi connectivity index (χ1n) is 5.33. The number of aliphatic hydroxyl groups excluding tert-OH is 1. The first-order chi connectivity index (χ1) is 8.60. The molecule has 6 nitrogen and oxygen atoms in total. The van der Waals surface area contributed by atoms with Crippen LogP contribution in [0.4, 0.5) is 5.82 Å². The standard InChI is InChI=1S/C11H15BrN2O4/c1-18-5-3-14(2-4-15)10-9(11(16)17)6-8(12)7-13-10/h6-7,15H,2-5H2,1H3,(H,16,17). The molecule has 0 saturated carbocycles. The fourth-order valence-electron chi connectivity index (χ4n) is 1.49. The number of anilines is 1. The second-order valence-electron chi connectivity index (χ2n) is 3.53. The molecule has 100 valence electrons. The van der Waals surface area contributed by atoms with Crippen molar-refractivity contribution in [2.75, 3.05) is 38.3 Å². The van der Waals surface area contributed by atoms with Crippen molar-refractivity contribution in [3.8, 4) is 0 Å². The zero-order chi connectivity index (χ0) is 13.5. The molecular formula is C11H15BrN2O4. The molecule has 0 aliphatic rings. The SMILES string of the molecule is COCCN(CCO)c1ncc(Br)cc1C(=O)O. The van der Waals surface area contributed by atoms with Crippen LogP contribution < -0.4 is 4.90 Å². The van der Waals surface area contributed by atoms with E-state index in [1.807, 2.05) is 0 Å². The number of aromatic nitrogens is 1. The van der Waals surface area contributed by atoms with Gasteiger partial charge in [-0.05, 0) is 22.0 Å². The van der Waals surface area contributed by atoms with Crippen LogP contribution >= 0.6 is 15.9 Å². The molecule has 0 saturated heterocycles. The zero-order valence-corrected chi connectivity index (χ0v) is 11.6. The second kappa shape index (κ2) is 7.30.